The van der Waals surface area contributed by atoms with Crippen LogP contribution in [0.5, 0.6) is 5.75 Å². The molecule has 0 aliphatic heterocycles. The fourth-order valence-electron chi connectivity index (χ4n) is 1.89. The summed E-state index contributed by atoms with van der Waals surface area (Å²) in [5.41, 5.74) is 2.43. The van der Waals surface area contributed by atoms with E-state index in [-0.39, 0.29) is 18.6 Å². The van der Waals surface area contributed by atoms with E-state index in [4.69, 9.17) is 9.57 Å². The summed E-state index contributed by atoms with van der Waals surface area (Å²) < 4.78 is 6.26. The van der Waals surface area contributed by atoms with Gasteiger partial charge in [0.1, 0.15) is 5.75 Å². The maximum absolute atomic E-state index is 11.5. The van der Waals surface area contributed by atoms with Gasteiger partial charge in [0.15, 0.2) is 6.61 Å². The second-order valence-electron chi connectivity index (χ2n) is 4.30. The van der Waals surface area contributed by atoms with Crippen LogP contribution in [0.25, 0.3) is 0 Å². The van der Waals surface area contributed by atoms with Crippen LogP contribution in [0.15, 0.2) is 28.7 Å². The highest BCUT2D eigenvalue weighted by atomic mass is 79.9. The van der Waals surface area contributed by atoms with Gasteiger partial charge >= 0.3 is 0 Å². The Morgan fingerprint density at radius 1 is 1.39 bits per heavy atom. The number of rotatable bonds is 5. The largest absolute Gasteiger partial charge is 0.484 e. The molecule has 4 nitrogen and oxygen atoms in total. The quantitative estimate of drug-likeness (QED) is 0.850. The Morgan fingerprint density at radius 2 is 2.17 bits per heavy atom. The van der Waals surface area contributed by atoms with Crippen molar-refractivity contribution in [2.75, 3.05) is 6.61 Å². The summed E-state index contributed by atoms with van der Waals surface area (Å²) >= 11 is 3.34. The maximum Gasteiger partial charge on any atom is 0.281 e. The van der Waals surface area contributed by atoms with Crippen molar-refractivity contribution in [1.82, 2.24) is 5.48 Å². The average molecular weight is 314 g/mol. The first-order chi connectivity index (χ1) is 8.74. The highest BCUT2D eigenvalue weighted by Gasteiger charge is 2.16. The summed E-state index contributed by atoms with van der Waals surface area (Å²) in [7, 11) is 0. The lowest BCUT2D eigenvalue weighted by atomic mass is 10.3. The SMILES string of the molecule is O=C(COc1cccc(Br)c1)NOC1CCCC1. The van der Waals surface area contributed by atoms with Gasteiger partial charge in [-0.15, -0.1) is 0 Å². The number of nitrogens with one attached hydrogen (secondary N) is 1. The molecule has 1 fully saturated rings. The molecule has 1 aliphatic carbocycles. The van der Waals surface area contributed by atoms with Gasteiger partial charge in [0, 0.05) is 4.47 Å². The molecule has 2 rings (SSSR count). The molecule has 1 aliphatic rings. The zero-order valence-electron chi connectivity index (χ0n) is 10.0. The van der Waals surface area contributed by atoms with E-state index < -0.39 is 0 Å². The van der Waals surface area contributed by atoms with Gasteiger partial charge in [0.05, 0.1) is 6.10 Å². The minimum Gasteiger partial charge on any atom is -0.484 e. The number of halogens is 1. The number of benzene rings is 1. The van der Waals surface area contributed by atoms with Crippen molar-refractivity contribution in [3.63, 3.8) is 0 Å². The van der Waals surface area contributed by atoms with E-state index in [0.717, 1.165) is 17.3 Å². The summed E-state index contributed by atoms with van der Waals surface area (Å²) in [6, 6.07) is 7.36. The Balaban J connectivity index is 1.68. The van der Waals surface area contributed by atoms with Gasteiger partial charge in [-0.25, -0.2) is 5.48 Å². The second kappa shape index (κ2) is 6.75. The van der Waals surface area contributed by atoms with Gasteiger partial charge < -0.3 is 4.74 Å². The summed E-state index contributed by atoms with van der Waals surface area (Å²) in [6.45, 7) is -0.0385. The highest BCUT2D eigenvalue weighted by Crippen LogP contribution is 2.20. The molecular formula is C13H16BrNO3. The summed E-state index contributed by atoms with van der Waals surface area (Å²) in [6.07, 6.45) is 4.56. The molecule has 0 unspecified atom stereocenters. The van der Waals surface area contributed by atoms with Crippen LogP contribution in [0.2, 0.25) is 0 Å². The van der Waals surface area contributed by atoms with E-state index in [9.17, 15) is 4.79 Å². The normalized spacial score (nSPS) is 15.6. The van der Waals surface area contributed by atoms with Crippen LogP contribution in [0, 0.1) is 0 Å². The number of hydrogen-bond acceptors (Lipinski definition) is 3. The minimum absolute atomic E-state index is 0.0385. The molecule has 18 heavy (non-hydrogen) atoms. The summed E-state index contributed by atoms with van der Waals surface area (Å²) in [5, 5.41) is 0. The maximum atomic E-state index is 11.5. The first-order valence-corrected chi connectivity index (χ1v) is 6.86. The van der Waals surface area contributed by atoms with Crippen LogP contribution in [-0.4, -0.2) is 18.6 Å². The van der Waals surface area contributed by atoms with Crippen LogP contribution >= 0.6 is 15.9 Å². The lowest BCUT2D eigenvalue weighted by Gasteiger charge is -2.11. The molecule has 0 spiro atoms. The Labute approximate surface area is 115 Å². The van der Waals surface area contributed by atoms with Gasteiger partial charge in [-0.2, -0.15) is 0 Å². The van der Waals surface area contributed by atoms with Crippen LogP contribution in [0.4, 0.5) is 0 Å². The highest BCUT2D eigenvalue weighted by molar-refractivity contribution is 9.10. The van der Waals surface area contributed by atoms with Gasteiger partial charge in [0.25, 0.3) is 5.91 Å². The van der Waals surface area contributed by atoms with Crippen molar-refractivity contribution in [3.05, 3.63) is 28.7 Å². The molecule has 0 atom stereocenters. The number of carbonyl (C=O) groups excluding carboxylic acids is 1. The van der Waals surface area contributed by atoms with E-state index in [1.807, 2.05) is 18.2 Å². The van der Waals surface area contributed by atoms with Gasteiger partial charge in [-0.1, -0.05) is 34.8 Å². The monoisotopic (exact) mass is 313 g/mol. The molecular weight excluding hydrogens is 298 g/mol. The third-order valence-corrected chi connectivity index (χ3v) is 3.30. The van der Waals surface area contributed by atoms with Gasteiger partial charge in [0.2, 0.25) is 0 Å². The molecule has 98 valence electrons. The van der Waals surface area contributed by atoms with Gasteiger partial charge in [-0.3, -0.25) is 9.63 Å². The van der Waals surface area contributed by atoms with Crippen molar-refractivity contribution in [1.29, 1.82) is 0 Å². The Bertz CT molecular complexity index is 405. The van der Waals surface area contributed by atoms with E-state index >= 15 is 0 Å². The third-order valence-electron chi connectivity index (χ3n) is 2.81. The first kappa shape index (κ1) is 13.4. The van der Waals surface area contributed by atoms with Crippen LogP contribution in [-0.2, 0) is 9.63 Å². The predicted molar refractivity (Wildman–Crippen MR) is 71.1 cm³/mol. The number of hydroxylamine groups is 1. The average Bonchev–Trinajstić information content (AvgIpc) is 2.87. The lowest BCUT2D eigenvalue weighted by Crippen LogP contribution is -2.32. The van der Waals surface area contributed by atoms with Crippen molar-refractivity contribution < 1.29 is 14.4 Å². The van der Waals surface area contributed by atoms with Gasteiger partial charge in [-0.05, 0) is 31.0 Å². The molecule has 1 aromatic carbocycles. The van der Waals surface area contributed by atoms with E-state index in [2.05, 4.69) is 21.4 Å². The molecule has 0 heterocycles. The Morgan fingerprint density at radius 3 is 2.89 bits per heavy atom. The second-order valence-corrected chi connectivity index (χ2v) is 5.21. The molecule has 0 aromatic heterocycles. The van der Waals surface area contributed by atoms with Crippen LogP contribution in [0.3, 0.4) is 0 Å². The zero-order valence-corrected chi connectivity index (χ0v) is 11.6. The molecule has 1 saturated carbocycles. The lowest BCUT2D eigenvalue weighted by molar-refractivity contribution is -0.140. The van der Waals surface area contributed by atoms with Crippen LogP contribution in [0.1, 0.15) is 25.7 Å². The number of carbonyl (C=O) groups is 1. The van der Waals surface area contributed by atoms with Crippen molar-refractivity contribution in [2.24, 2.45) is 0 Å². The predicted octanol–water partition coefficient (Wildman–Crippen LogP) is 2.82. The molecule has 0 saturated heterocycles. The standard InChI is InChI=1S/C13H16BrNO3/c14-10-4-3-7-12(8-10)17-9-13(16)15-18-11-5-1-2-6-11/h3-4,7-8,11H,1-2,5-6,9H2,(H,15,16). The van der Waals surface area contributed by atoms with Crippen LogP contribution < -0.4 is 10.2 Å². The van der Waals surface area contributed by atoms with Crippen molar-refractivity contribution >= 4 is 21.8 Å². The topological polar surface area (TPSA) is 47.6 Å². The smallest absolute Gasteiger partial charge is 0.281 e. The molecule has 1 N–H and O–H groups in total. The van der Waals surface area contributed by atoms with Crippen molar-refractivity contribution in [3.8, 4) is 5.75 Å². The number of hydrogen-bond donors (Lipinski definition) is 1. The molecule has 1 aromatic rings. The van der Waals surface area contributed by atoms with E-state index in [1.165, 1.54) is 12.8 Å². The fraction of sp³-hybridized carbons (Fsp3) is 0.462. The Kier molecular flexibility index (Phi) is 5.01. The summed E-state index contributed by atoms with van der Waals surface area (Å²) in [5.74, 6) is 0.391. The van der Waals surface area contributed by atoms with Crippen molar-refractivity contribution in [2.45, 2.75) is 31.8 Å². The molecule has 5 heteroatoms. The third kappa shape index (κ3) is 4.31. The molecule has 0 radical (unpaired) electrons. The zero-order chi connectivity index (χ0) is 12.8. The molecule has 1 amide bonds. The Hall–Kier alpha value is -1.07. The first-order valence-electron chi connectivity index (χ1n) is 6.07. The van der Waals surface area contributed by atoms with E-state index in [1.54, 1.807) is 6.07 Å². The number of amides is 1. The summed E-state index contributed by atoms with van der Waals surface area (Å²) in [4.78, 5) is 16.8. The number of ether oxygens (including phenoxy) is 1. The molecule has 0 bridgehead atoms. The van der Waals surface area contributed by atoms with E-state index in [0.29, 0.717) is 5.75 Å². The fourth-order valence-corrected chi connectivity index (χ4v) is 2.27. The minimum atomic E-state index is -0.262.